The normalized spacial score (nSPS) is 20.1. The van der Waals surface area contributed by atoms with Gasteiger partial charge in [-0.2, -0.15) is 0 Å². The van der Waals surface area contributed by atoms with E-state index in [2.05, 4.69) is 34.2 Å². The van der Waals surface area contributed by atoms with E-state index in [9.17, 15) is 0 Å². The van der Waals surface area contributed by atoms with Crippen LogP contribution in [0.15, 0.2) is 12.5 Å². The maximum atomic E-state index is 5.81. The van der Waals surface area contributed by atoms with Gasteiger partial charge in [0, 0.05) is 6.54 Å². The Morgan fingerprint density at radius 1 is 1.47 bits per heavy atom. The standard InChI is InChI=1S/C12H21N5/c1-12(3-5-17(2)6-4-12)8-15-11-10(13)7-14-9-16-11/h7,9H,3-6,8,13H2,1-2H3,(H,14,15,16). The average molecular weight is 235 g/mol. The zero-order valence-electron chi connectivity index (χ0n) is 10.6. The Morgan fingerprint density at radius 2 is 2.18 bits per heavy atom. The van der Waals surface area contributed by atoms with Crippen molar-refractivity contribution < 1.29 is 0 Å². The van der Waals surface area contributed by atoms with Crippen molar-refractivity contribution in [2.45, 2.75) is 19.8 Å². The maximum absolute atomic E-state index is 5.81. The minimum absolute atomic E-state index is 0.337. The van der Waals surface area contributed by atoms with E-state index in [0.717, 1.165) is 25.5 Å². The van der Waals surface area contributed by atoms with E-state index in [4.69, 9.17) is 5.73 Å². The highest BCUT2D eigenvalue weighted by Crippen LogP contribution is 2.30. The first-order valence-corrected chi connectivity index (χ1v) is 6.07. The van der Waals surface area contributed by atoms with Crippen molar-refractivity contribution in [2.24, 2.45) is 5.41 Å². The summed E-state index contributed by atoms with van der Waals surface area (Å²) in [6.45, 7) is 5.57. The lowest BCUT2D eigenvalue weighted by atomic mass is 9.80. The van der Waals surface area contributed by atoms with E-state index in [1.807, 2.05) is 0 Å². The SMILES string of the molecule is CN1CCC(C)(CNc2ncncc2N)CC1. The summed E-state index contributed by atoms with van der Waals surface area (Å²) in [5, 5.41) is 3.34. The van der Waals surface area contributed by atoms with E-state index in [-0.39, 0.29) is 0 Å². The van der Waals surface area contributed by atoms with Gasteiger partial charge in [0.05, 0.1) is 11.9 Å². The van der Waals surface area contributed by atoms with Crippen LogP contribution in [-0.4, -0.2) is 41.5 Å². The van der Waals surface area contributed by atoms with E-state index < -0.39 is 0 Å². The van der Waals surface area contributed by atoms with Gasteiger partial charge in [-0.1, -0.05) is 6.92 Å². The number of nitrogen functional groups attached to an aromatic ring is 1. The average Bonchev–Trinajstić information content (AvgIpc) is 2.33. The first-order chi connectivity index (χ1) is 8.09. The van der Waals surface area contributed by atoms with E-state index >= 15 is 0 Å². The zero-order chi connectivity index (χ0) is 12.3. The van der Waals surface area contributed by atoms with Crippen molar-refractivity contribution in [1.29, 1.82) is 0 Å². The van der Waals surface area contributed by atoms with Gasteiger partial charge < -0.3 is 16.0 Å². The van der Waals surface area contributed by atoms with Crippen molar-refractivity contribution in [3.63, 3.8) is 0 Å². The minimum Gasteiger partial charge on any atom is -0.394 e. The second-order valence-corrected chi connectivity index (χ2v) is 5.29. The number of likely N-dealkylation sites (tertiary alicyclic amines) is 1. The summed E-state index contributed by atoms with van der Waals surface area (Å²) < 4.78 is 0. The smallest absolute Gasteiger partial charge is 0.152 e. The highest BCUT2D eigenvalue weighted by Gasteiger charge is 2.28. The van der Waals surface area contributed by atoms with Crippen molar-refractivity contribution in [1.82, 2.24) is 14.9 Å². The van der Waals surface area contributed by atoms with Crippen molar-refractivity contribution in [3.8, 4) is 0 Å². The summed E-state index contributed by atoms with van der Waals surface area (Å²) in [6.07, 6.45) is 5.57. The molecule has 1 fully saturated rings. The van der Waals surface area contributed by atoms with Gasteiger partial charge in [0.2, 0.25) is 0 Å². The van der Waals surface area contributed by atoms with Gasteiger partial charge in [-0.3, -0.25) is 0 Å². The Bertz CT molecular complexity index is 371. The third-order valence-electron chi connectivity index (χ3n) is 3.62. The lowest BCUT2D eigenvalue weighted by molar-refractivity contribution is 0.150. The van der Waals surface area contributed by atoms with Gasteiger partial charge in [0.25, 0.3) is 0 Å². The third-order valence-corrected chi connectivity index (χ3v) is 3.62. The first kappa shape index (κ1) is 12.1. The summed E-state index contributed by atoms with van der Waals surface area (Å²) in [5.41, 5.74) is 6.76. The van der Waals surface area contributed by atoms with Crippen molar-refractivity contribution in [3.05, 3.63) is 12.5 Å². The molecule has 0 bridgehead atoms. The number of nitrogens with one attached hydrogen (secondary N) is 1. The molecule has 1 saturated heterocycles. The first-order valence-electron chi connectivity index (χ1n) is 6.07. The van der Waals surface area contributed by atoms with Crippen molar-refractivity contribution in [2.75, 3.05) is 37.7 Å². The van der Waals surface area contributed by atoms with Crippen LogP contribution in [0.4, 0.5) is 11.5 Å². The molecule has 1 aromatic heterocycles. The summed E-state index contributed by atoms with van der Waals surface area (Å²) in [6, 6.07) is 0. The van der Waals surface area contributed by atoms with Crippen LogP contribution in [0.3, 0.4) is 0 Å². The van der Waals surface area contributed by atoms with Gasteiger partial charge in [0.15, 0.2) is 5.82 Å². The van der Waals surface area contributed by atoms with Gasteiger partial charge in [-0.05, 0) is 38.4 Å². The molecular weight excluding hydrogens is 214 g/mol. The Kier molecular flexibility index (Phi) is 3.47. The topological polar surface area (TPSA) is 67.1 Å². The van der Waals surface area contributed by atoms with Crippen LogP contribution < -0.4 is 11.1 Å². The quantitative estimate of drug-likeness (QED) is 0.824. The molecule has 0 saturated carbocycles. The number of hydrogen-bond acceptors (Lipinski definition) is 5. The molecule has 0 spiro atoms. The number of piperidine rings is 1. The molecule has 0 radical (unpaired) electrons. The van der Waals surface area contributed by atoms with Gasteiger partial charge in [-0.25, -0.2) is 9.97 Å². The fraction of sp³-hybridized carbons (Fsp3) is 0.667. The summed E-state index contributed by atoms with van der Waals surface area (Å²) >= 11 is 0. The number of aromatic nitrogens is 2. The molecule has 0 aromatic carbocycles. The summed E-state index contributed by atoms with van der Waals surface area (Å²) in [5.74, 6) is 0.750. The molecule has 0 aliphatic carbocycles. The Labute approximate surface area is 102 Å². The zero-order valence-corrected chi connectivity index (χ0v) is 10.6. The molecule has 3 N–H and O–H groups in total. The van der Waals surface area contributed by atoms with Gasteiger partial charge in [0.1, 0.15) is 6.33 Å². The molecule has 2 rings (SSSR count). The monoisotopic (exact) mass is 235 g/mol. The fourth-order valence-corrected chi connectivity index (χ4v) is 2.12. The third kappa shape index (κ3) is 3.06. The second kappa shape index (κ2) is 4.87. The van der Waals surface area contributed by atoms with Crippen LogP contribution in [0.1, 0.15) is 19.8 Å². The molecule has 2 heterocycles. The van der Waals surface area contributed by atoms with Crippen LogP contribution in [-0.2, 0) is 0 Å². The van der Waals surface area contributed by atoms with Crippen LogP contribution >= 0.6 is 0 Å². The predicted octanol–water partition coefficient (Wildman–Crippen LogP) is 1.20. The van der Waals surface area contributed by atoms with E-state index in [0.29, 0.717) is 11.1 Å². The van der Waals surface area contributed by atoms with Crippen LogP contribution in [0, 0.1) is 5.41 Å². The molecule has 17 heavy (non-hydrogen) atoms. The number of nitrogens with zero attached hydrogens (tertiary/aromatic N) is 3. The minimum atomic E-state index is 0.337. The van der Waals surface area contributed by atoms with E-state index in [1.54, 1.807) is 6.20 Å². The molecule has 1 aliphatic heterocycles. The number of anilines is 2. The molecule has 0 unspecified atom stereocenters. The van der Waals surface area contributed by atoms with Gasteiger partial charge >= 0.3 is 0 Å². The van der Waals surface area contributed by atoms with Gasteiger partial charge in [-0.15, -0.1) is 0 Å². The molecule has 1 aromatic rings. The Balaban J connectivity index is 1.92. The molecule has 0 atom stereocenters. The number of rotatable bonds is 3. The van der Waals surface area contributed by atoms with Crippen molar-refractivity contribution >= 4 is 11.5 Å². The van der Waals surface area contributed by atoms with Crippen LogP contribution in [0.2, 0.25) is 0 Å². The van der Waals surface area contributed by atoms with E-state index in [1.165, 1.54) is 19.2 Å². The highest BCUT2D eigenvalue weighted by atomic mass is 15.1. The number of hydrogen-bond donors (Lipinski definition) is 2. The Hall–Kier alpha value is -1.36. The summed E-state index contributed by atoms with van der Waals surface area (Å²) in [4.78, 5) is 10.4. The summed E-state index contributed by atoms with van der Waals surface area (Å²) in [7, 11) is 2.18. The number of nitrogens with two attached hydrogens (primary N) is 1. The second-order valence-electron chi connectivity index (χ2n) is 5.29. The molecule has 5 heteroatoms. The van der Waals surface area contributed by atoms with Crippen LogP contribution in [0.5, 0.6) is 0 Å². The molecule has 5 nitrogen and oxygen atoms in total. The largest absolute Gasteiger partial charge is 0.394 e. The maximum Gasteiger partial charge on any atom is 0.152 e. The highest BCUT2D eigenvalue weighted by molar-refractivity contribution is 5.58. The molecule has 94 valence electrons. The van der Waals surface area contributed by atoms with Crippen LogP contribution in [0.25, 0.3) is 0 Å². The molecule has 0 amide bonds. The lowest BCUT2D eigenvalue weighted by Gasteiger charge is -2.38. The lowest BCUT2D eigenvalue weighted by Crippen LogP contribution is -2.40. The molecular formula is C12H21N5. The molecule has 1 aliphatic rings. The predicted molar refractivity (Wildman–Crippen MR) is 69.8 cm³/mol. The Morgan fingerprint density at radius 3 is 2.82 bits per heavy atom. The fourth-order valence-electron chi connectivity index (χ4n) is 2.12.